The molecular formula is C14H19ClN2O3S. The lowest BCUT2D eigenvalue weighted by Crippen LogP contribution is -2.35. The Labute approximate surface area is 130 Å². The van der Waals surface area contributed by atoms with Crippen LogP contribution in [0.1, 0.15) is 12.8 Å². The van der Waals surface area contributed by atoms with E-state index in [0.29, 0.717) is 30.1 Å². The molecule has 1 aliphatic rings. The van der Waals surface area contributed by atoms with Crippen molar-refractivity contribution in [1.29, 1.82) is 0 Å². The highest BCUT2D eigenvalue weighted by molar-refractivity contribution is 7.91. The van der Waals surface area contributed by atoms with Crippen molar-refractivity contribution in [2.24, 2.45) is 0 Å². The van der Waals surface area contributed by atoms with Crippen LogP contribution in [0.5, 0.6) is 0 Å². The molecular weight excluding hydrogens is 312 g/mol. The van der Waals surface area contributed by atoms with Crippen LogP contribution >= 0.6 is 11.6 Å². The third kappa shape index (κ3) is 4.69. The van der Waals surface area contributed by atoms with Crippen molar-refractivity contribution < 1.29 is 13.2 Å². The van der Waals surface area contributed by atoms with Gasteiger partial charge in [0.2, 0.25) is 5.91 Å². The van der Waals surface area contributed by atoms with Gasteiger partial charge in [0, 0.05) is 19.0 Å². The van der Waals surface area contributed by atoms with Crippen molar-refractivity contribution in [2.75, 3.05) is 30.4 Å². The highest BCUT2D eigenvalue weighted by Gasteiger charge is 2.30. The van der Waals surface area contributed by atoms with Crippen LogP contribution in [0.3, 0.4) is 0 Å². The van der Waals surface area contributed by atoms with Gasteiger partial charge in [-0.1, -0.05) is 23.7 Å². The van der Waals surface area contributed by atoms with Gasteiger partial charge in [-0.05, 0) is 25.6 Å². The van der Waals surface area contributed by atoms with Gasteiger partial charge in [0.05, 0.1) is 22.2 Å². The number of benzene rings is 1. The Bertz CT molecular complexity index is 618. The molecule has 0 aliphatic carbocycles. The van der Waals surface area contributed by atoms with Crippen LogP contribution in [0.15, 0.2) is 24.3 Å². The van der Waals surface area contributed by atoms with E-state index in [1.807, 2.05) is 11.9 Å². The van der Waals surface area contributed by atoms with Crippen molar-refractivity contribution in [3.63, 3.8) is 0 Å². The van der Waals surface area contributed by atoms with Crippen molar-refractivity contribution in [1.82, 2.24) is 4.90 Å². The Morgan fingerprint density at radius 1 is 1.43 bits per heavy atom. The second-order valence-corrected chi connectivity index (χ2v) is 7.95. The molecule has 0 bridgehead atoms. The second kappa shape index (κ2) is 6.77. The van der Waals surface area contributed by atoms with E-state index in [1.54, 1.807) is 24.3 Å². The van der Waals surface area contributed by atoms with Crippen LogP contribution in [0.2, 0.25) is 5.02 Å². The van der Waals surface area contributed by atoms with Gasteiger partial charge in [0.1, 0.15) is 0 Å². The predicted molar refractivity (Wildman–Crippen MR) is 84.4 cm³/mol. The molecule has 1 N–H and O–H groups in total. The molecule has 0 radical (unpaired) electrons. The zero-order chi connectivity index (χ0) is 15.5. The predicted octanol–water partition coefficient (Wildman–Crippen LogP) is 1.79. The maximum absolute atomic E-state index is 11.9. The minimum absolute atomic E-state index is 0.0168. The molecule has 7 heteroatoms. The fraction of sp³-hybridized carbons (Fsp3) is 0.500. The first-order chi connectivity index (χ1) is 9.87. The Hall–Kier alpha value is -1.11. The van der Waals surface area contributed by atoms with Gasteiger partial charge < -0.3 is 10.2 Å². The van der Waals surface area contributed by atoms with Crippen LogP contribution in [0.25, 0.3) is 0 Å². The molecule has 1 aliphatic heterocycles. The Balaban J connectivity index is 1.80. The minimum Gasteiger partial charge on any atom is -0.325 e. The summed E-state index contributed by atoms with van der Waals surface area (Å²) in [5.74, 6) is 0.305. The van der Waals surface area contributed by atoms with E-state index >= 15 is 0 Å². The number of carbonyl (C=O) groups excluding carboxylic acids is 1. The van der Waals surface area contributed by atoms with Gasteiger partial charge in [0.25, 0.3) is 0 Å². The molecule has 1 aromatic rings. The molecule has 0 saturated carbocycles. The second-order valence-electron chi connectivity index (χ2n) is 5.32. The van der Waals surface area contributed by atoms with Gasteiger partial charge in [0.15, 0.2) is 9.84 Å². The number of para-hydroxylation sites is 1. The molecule has 0 aromatic heterocycles. The number of nitrogens with zero attached hydrogens (tertiary/aromatic N) is 1. The molecule has 1 amide bonds. The molecule has 1 aromatic carbocycles. The summed E-state index contributed by atoms with van der Waals surface area (Å²) in [6.45, 7) is 0.524. The van der Waals surface area contributed by atoms with E-state index in [-0.39, 0.29) is 23.5 Å². The Morgan fingerprint density at radius 2 is 2.14 bits per heavy atom. The average Bonchev–Trinajstić information content (AvgIpc) is 2.79. The van der Waals surface area contributed by atoms with Gasteiger partial charge >= 0.3 is 0 Å². The van der Waals surface area contributed by atoms with Crippen molar-refractivity contribution in [3.05, 3.63) is 29.3 Å². The zero-order valence-electron chi connectivity index (χ0n) is 11.9. The molecule has 5 nitrogen and oxygen atoms in total. The quantitative estimate of drug-likeness (QED) is 0.893. The van der Waals surface area contributed by atoms with Crippen LogP contribution in [0, 0.1) is 0 Å². The smallest absolute Gasteiger partial charge is 0.225 e. The molecule has 1 unspecified atom stereocenters. The summed E-state index contributed by atoms with van der Waals surface area (Å²) in [5, 5.41) is 3.26. The molecule has 1 fully saturated rings. The van der Waals surface area contributed by atoms with E-state index in [0.717, 1.165) is 0 Å². The maximum Gasteiger partial charge on any atom is 0.225 e. The number of anilines is 1. The zero-order valence-corrected chi connectivity index (χ0v) is 13.5. The van der Waals surface area contributed by atoms with E-state index < -0.39 is 9.84 Å². The number of rotatable bonds is 5. The largest absolute Gasteiger partial charge is 0.325 e. The number of hydrogen-bond donors (Lipinski definition) is 1. The van der Waals surface area contributed by atoms with Gasteiger partial charge in [-0.25, -0.2) is 8.42 Å². The van der Waals surface area contributed by atoms with E-state index in [4.69, 9.17) is 11.6 Å². The van der Waals surface area contributed by atoms with Gasteiger partial charge in [-0.15, -0.1) is 0 Å². The summed E-state index contributed by atoms with van der Waals surface area (Å²) in [4.78, 5) is 13.8. The molecule has 21 heavy (non-hydrogen) atoms. The summed E-state index contributed by atoms with van der Waals surface area (Å²) < 4.78 is 22.9. The van der Waals surface area contributed by atoms with Crippen LogP contribution in [-0.4, -0.2) is 50.4 Å². The van der Waals surface area contributed by atoms with Crippen molar-refractivity contribution in [2.45, 2.75) is 18.9 Å². The highest BCUT2D eigenvalue weighted by atomic mass is 35.5. The van der Waals surface area contributed by atoms with Crippen molar-refractivity contribution >= 4 is 33.0 Å². The fourth-order valence-corrected chi connectivity index (χ4v) is 4.35. The first-order valence-electron chi connectivity index (χ1n) is 6.82. The lowest BCUT2D eigenvalue weighted by atomic mass is 10.2. The summed E-state index contributed by atoms with van der Waals surface area (Å²) in [5.41, 5.74) is 0.593. The number of amides is 1. The fourth-order valence-electron chi connectivity index (χ4n) is 2.36. The Morgan fingerprint density at radius 3 is 2.76 bits per heavy atom. The first-order valence-corrected chi connectivity index (χ1v) is 9.02. The summed E-state index contributed by atoms with van der Waals surface area (Å²) in [6, 6.07) is 7.08. The highest BCUT2D eigenvalue weighted by Crippen LogP contribution is 2.21. The number of sulfone groups is 1. The monoisotopic (exact) mass is 330 g/mol. The normalized spacial score (nSPS) is 20.6. The Kier molecular flexibility index (Phi) is 5.24. The number of nitrogens with one attached hydrogen (secondary N) is 1. The SMILES string of the molecule is CN(CCC(=O)Nc1ccccc1Cl)C1CCS(=O)(=O)C1. The molecule has 1 heterocycles. The van der Waals surface area contributed by atoms with Gasteiger partial charge in [-0.3, -0.25) is 4.79 Å². The lowest BCUT2D eigenvalue weighted by molar-refractivity contribution is -0.116. The van der Waals surface area contributed by atoms with E-state index in [9.17, 15) is 13.2 Å². The standard InChI is InChI=1S/C14H19ClN2O3S/c1-17(11-7-9-21(19,20)10-11)8-6-14(18)16-13-5-3-2-4-12(13)15/h2-5,11H,6-10H2,1H3,(H,16,18). The number of halogens is 1. The van der Waals surface area contributed by atoms with Crippen LogP contribution in [-0.2, 0) is 14.6 Å². The summed E-state index contributed by atoms with van der Waals surface area (Å²) >= 11 is 5.97. The maximum atomic E-state index is 11.9. The van der Waals surface area contributed by atoms with Crippen LogP contribution in [0.4, 0.5) is 5.69 Å². The molecule has 1 atom stereocenters. The van der Waals surface area contributed by atoms with E-state index in [2.05, 4.69) is 5.32 Å². The third-order valence-electron chi connectivity index (χ3n) is 3.67. The summed E-state index contributed by atoms with van der Waals surface area (Å²) in [6.07, 6.45) is 0.948. The first kappa shape index (κ1) is 16.3. The minimum atomic E-state index is -2.89. The molecule has 116 valence electrons. The summed E-state index contributed by atoms with van der Waals surface area (Å²) in [7, 11) is -1.04. The number of hydrogen-bond acceptors (Lipinski definition) is 4. The van der Waals surface area contributed by atoms with Crippen molar-refractivity contribution in [3.8, 4) is 0 Å². The number of carbonyl (C=O) groups is 1. The lowest BCUT2D eigenvalue weighted by Gasteiger charge is -2.22. The molecule has 1 saturated heterocycles. The molecule has 2 rings (SSSR count). The topological polar surface area (TPSA) is 66.5 Å². The van der Waals surface area contributed by atoms with Gasteiger partial charge in [-0.2, -0.15) is 0 Å². The van der Waals surface area contributed by atoms with Crippen LogP contribution < -0.4 is 5.32 Å². The third-order valence-corrected chi connectivity index (χ3v) is 5.75. The average molecular weight is 331 g/mol. The molecule has 0 spiro atoms. The van der Waals surface area contributed by atoms with E-state index in [1.165, 1.54) is 0 Å².